The Morgan fingerprint density at radius 2 is 2.23 bits per heavy atom. The van der Waals surface area contributed by atoms with Crippen LogP contribution in [0, 0.1) is 0 Å². The predicted octanol–water partition coefficient (Wildman–Crippen LogP) is -0.897. The van der Waals surface area contributed by atoms with Crippen LogP contribution in [0.2, 0.25) is 0 Å². The minimum absolute atomic E-state index is 0.0135. The van der Waals surface area contributed by atoms with Gasteiger partial charge in [0.15, 0.2) is 5.71 Å². The fourth-order valence-electron chi connectivity index (χ4n) is 1.75. The lowest BCUT2D eigenvalue weighted by Gasteiger charge is -2.17. The van der Waals surface area contributed by atoms with E-state index in [4.69, 9.17) is 29.2 Å². The van der Waals surface area contributed by atoms with Gasteiger partial charge in [-0.3, -0.25) is 9.59 Å². The van der Waals surface area contributed by atoms with Crippen LogP contribution in [0.5, 0.6) is 0 Å². The van der Waals surface area contributed by atoms with E-state index in [9.17, 15) is 9.82 Å². The molecule has 1 aliphatic rings. The molecule has 0 bridgehead atoms. The summed E-state index contributed by atoms with van der Waals surface area (Å²) in [5, 5.41) is 34.1. The summed E-state index contributed by atoms with van der Waals surface area (Å²) >= 11 is 1.33. The molecule has 1 atom stereocenters. The molecule has 1 aromatic rings. The maximum absolute atomic E-state index is 12.4. The molecule has 1 fully saturated rings. The fourth-order valence-corrected chi connectivity index (χ4v) is 2.45. The number of carboxylic acid groups (broad SMARTS) is 1. The Labute approximate surface area is 154 Å². The molecule has 0 saturated carbocycles. The Morgan fingerprint density at radius 1 is 1.50 bits per heavy atom. The number of amides is 1. The van der Waals surface area contributed by atoms with Crippen LogP contribution >= 0.6 is 11.3 Å². The summed E-state index contributed by atoms with van der Waals surface area (Å²) in [5.74, 6) is -2.04. The number of nitrogens with zero attached hydrogens (tertiary/aromatic N) is 1. The Kier molecular flexibility index (Phi) is 10.5. The first-order valence-electron chi connectivity index (χ1n) is 7.68. The molecule has 0 aromatic carbocycles. The van der Waals surface area contributed by atoms with E-state index in [0.717, 1.165) is 6.92 Å². The second-order valence-electron chi connectivity index (χ2n) is 4.91. The average Bonchev–Trinajstić information content (AvgIpc) is 3.03. The Balaban J connectivity index is 0.000000765. The number of ether oxygens (including phenoxy) is 1. The SMILES string of the molecule is CC(=O)O.O=C(NC1COCCOB1O)/C(=N\OCCO)c1cccs1. The van der Waals surface area contributed by atoms with Crippen molar-refractivity contribution in [2.24, 2.45) is 5.16 Å². The highest BCUT2D eigenvalue weighted by Crippen LogP contribution is 2.11. The van der Waals surface area contributed by atoms with E-state index in [0.29, 0.717) is 11.5 Å². The van der Waals surface area contributed by atoms with E-state index < -0.39 is 24.9 Å². The number of hydrogen-bond donors (Lipinski definition) is 4. The maximum Gasteiger partial charge on any atom is 0.480 e. The topological polar surface area (TPSA) is 147 Å². The summed E-state index contributed by atoms with van der Waals surface area (Å²) in [6, 6.07) is 3.50. The monoisotopic (exact) mass is 388 g/mol. The Bertz CT molecular complexity index is 580. The van der Waals surface area contributed by atoms with Crippen molar-refractivity contribution in [2.45, 2.75) is 12.9 Å². The number of carbonyl (C=O) groups is 2. The summed E-state index contributed by atoms with van der Waals surface area (Å²) in [4.78, 5) is 26.9. The molecule has 26 heavy (non-hydrogen) atoms. The summed E-state index contributed by atoms with van der Waals surface area (Å²) < 4.78 is 10.3. The van der Waals surface area contributed by atoms with Crippen LogP contribution in [-0.2, 0) is 23.8 Å². The van der Waals surface area contributed by atoms with Gasteiger partial charge < -0.3 is 34.8 Å². The molecule has 0 radical (unpaired) electrons. The number of aliphatic hydroxyl groups excluding tert-OH is 1. The van der Waals surface area contributed by atoms with Crippen molar-refractivity contribution < 1.29 is 39.1 Å². The van der Waals surface area contributed by atoms with E-state index in [1.54, 1.807) is 17.5 Å². The van der Waals surface area contributed by atoms with Crippen LogP contribution in [-0.4, -0.2) is 78.9 Å². The second-order valence-corrected chi connectivity index (χ2v) is 5.86. The van der Waals surface area contributed by atoms with E-state index in [1.807, 2.05) is 0 Å². The Morgan fingerprint density at radius 3 is 2.85 bits per heavy atom. The van der Waals surface area contributed by atoms with Crippen LogP contribution in [0.3, 0.4) is 0 Å². The number of carboxylic acids is 1. The van der Waals surface area contributed by atoms with Crippen molar-refractivity contribution in [3.05, 3.63) is 22.4 Å². The normalized spacial score (nSPS) is 17.6. The highest BCUT2D eigenvalue weighted by molar-refractivity contribution is 7.13. The summed E-state index contributed by atoms with van der Waals surface area (Å²) in [6.07, 6.45) is 0. The highest BCUT2D eigenvalue weighted by atomic mass is 32.1. The van der Waals surface area contributed by atoms with Gasteiger partial charge in [-0.05, 0) is 11.4 Å². The standard InChI is InChI=1S/C12H17BN2O6S.C2H4O2/c16-3-4-21-15-11(9-2-1-7-22-9)12(17)14-10-8-19-5-6-20-13(10)18;1-2(3)4/h1-2,7,10,16,18H,3-6,8H2,(H,14,17);1H3,(H,3,4)/b15-11-;. The van der Waals surface area contributed by atoms with Crippen LogP contribution in [0.25, 0.3) is 0 Å². The summed E-state index contributed by atoms with van der Waals surface area (Å²) in [7, 11) is -1.14. The molecular weight excluding hydrogens is 367 g/mol. The number of aliphatic carboxylic acids is 1. The third kappa shape index (κ3) is 8.40. The van der Waals surface area contributed by atoms with Crippen LogP contribution in [0.15, 0.2) is 22.7 Å². The van der Waals surface area contributed by atoms with E-state index >= 15 is 0 Å². The molecule has 2 rings (SSSR count). The summed E-state index contributed by atoms with van der Waals surface area (Å²) in [6.45, 7) is 1.63. The summed E-state index contributed by atoms with van der Waals surface area (Å²) in [5.41, 5.74) is 0.0693. The molecular formula is C14H21BN2O8S. The third-order valence-electron chi connectivity index (χ3n) is 2.78. The van der Waals surface area contributed by atoms with Crippen LogP contribution < -0.4 is 5.32 Å². The zero-order valence-electron chi connectivity index (χ0n) is 14.2. The lowest BCUT2D eigenvalue weighted by Crippen LogP contribution is -2.51. The number of oxime groups is 1. The molecule has 2 heterocycles. The third-order valence-corrected chi connectivity index (χ3v) is 3.66. The fraction of sp³-hybridized carbons (Fsp3) is 0.500. The molecule has 10 nitrogen and oxygen atoms in total. The number of carbonyl (C=O) groups excluding carboxylic acids is 1. The van der Waals surface area contributed by atoms with Gasteiger partial charge in [-0.1, -0.05) is 11.2 Å². The molecule has 12 heteroatoms. The average molecular weight is 388 g/mol. The van der Waals surface area contributed by atoms with Crippen LogP contribution in [0.1, 0.15) is 11.8 Å². The molecule has 4 N–H and O–H groups in total. The minimum atomic E-state index is -1.14. The van der Waals surface area contributed by atoms with Crippen molar-refractivity contribution in [1.29, 1.82) is 0 Å². The number of hydrogen-bond acceptors (Lipinski definition) is 9. The van der Waals surface area contributed by atoms with Gasteiger partial charge in [0.25, 0.3) is 11.9 Å². The number of aliphatic hydroxyl groups is 1. The van der Waals surface area contributed by atoms with Crippen molar-refractivity contribution in [3.63, 3.8) is 0 Å². The molecule has 0 aliphatic carbocycles. The first-order chi connectivity index (χ1) is 12.5. The Hall–Kier alpha value is -1.99. The van der Waals surface area contributed by atoms with Crippen molar-refractivity contribution in [2.75, 3.05) is 33.0 Å². The van der Waals surface area contributed by atoms with Gasteiger partial charge in [0.1, 0.15) is 6.61 Å². The minimum Gasteiger partial charge on any atom is -0.481 e. The molecule has 144 valence electrons. The van der Waals surface area contributed by atoms with E-state index in [1.165, 1.54) is 11.3 Å². The van der Waals surface area contributed by atoms with E-state index in [-0.39, 0.29) is 32.1 Å². The van der Waals surface area contributed by atoms with E-state index in [2.05, 4.69) is 10.5 Å². The quantitative estimate of drug-likeness (QED) is 0.212. The lowest BCUT2D eigenvalue weighted by molar-refractivity contribution is -0.134. The van der Waals surface area contributed by atoms with Gasteiger partial charge in [0, 0.05) is 6.92 Å². The maximum atomic E-state index is 12.4. The largest absolute Gasteiger partial charge is 0.481 e. The highest BCUT2D eigenvalue weighted by Gasteiger charge is 2.32. The van der Waals surface area contributed by atoms with Crippen molar-refractivity contribution in [1.82, 2.24) is 5.32 Å². The zero-order valence-corrected chi connectivity index (χ0v) is 15.0. The molecule has 1 aliphatic heterocycles. The van der Waals surface area contributed by atoms with Gasteiger partial charge in [-0.25, -0.2) is 0 Å². The number of thiophene rings is 1. The number of rotatable bonds is 6. The van der Waals surface area contributed by atoms with Crippen molar-refractivity contribution in [3.8, 4) is 0 Å². The first kappa shape index (κ1) is 22.1. The first-order valence-corrected chi connectivity index (χ1v) is 8.56. The smallest absolute Gasteiger partial charge is 0.480 e. The number of nitrogens with one attached hydrogen (secondary N) is 1. The van der Waals surface area contributed by atoms with Gasteiger partial charge in [-0.2, -0.15) is 0 Å². The zero-order chi connectivity index (χ0) is 19.4. The molecule has 1 amide bonds. The van der Waals surface area contributed by atoms with Gasteiger partial charge in [0.05, 0.1) is 37.2 Å². The van der Waals surface area contributed by atoms with Gasteiger partial charge in [-0.15, -0.1) is 11.3 Å². The molecule has 1 aromatic heterocycles. The predicted molar refractivity (Wildman–Crippen MR) is 93.9 cm³/mol. The van der Waals surface area contributed by atoms with Crippen LogP contribution in [0.4, 0.5) is 0 Å². The second kappa shape index (κ2) is 12.4. The van der Waals surface area contributed by atoms with Gasteiger partial charge in [0.2, 0.25) is 0 Å². The van der Waals surface area contributed by atoms with Crippen molar-refractivity contribution >= 4 is 36.0 Å². The molecule has 0 spiro atoms. The molecule has 1 saturated heterocycles. The molecule has 1 unspecified atom stereocenters. The van der Waals surface area contributed by atoms with Gasteiger partial charge >= 0.3 is 7.12 Å². The lowest BCUT2D eigenvalue weighted by atomic mass is 9.79.